The molecule has 3 aromatic carbocycles. The molecule has 0 heterocycles. The first-order valence-electron chi connectivity index (χ1n) is 10.6. The van der Waals surface area contributed by atoms with Gasteiger partial charge in [-0.15, -0.1) is 0 Å². The number of hydrogen-bond acceptors (Lipinski definition) is 3. The molecule has 0 saturated carbocycles. The van der Waals surface area contributed by atoms with E-state index in [1.54, 1.807) is 18.2 Å². The highest BCUT2D eigenvalue weighted by Crippen LogP contribution is 2.28. The molecule has 0 aliphatic carbocycles. The molecule has 0 unspecified atom stereocenters. The predicted octanol–water partition coefficient (Wildman–Crippen LogP) is 5.47. The Bertz CT molecular complexity index is 1080. The zero-order valence-corrected chi connectivity index (χ0v) is 19.6. The second-order valence-corrected chi connectivity index (χ2v) is 8.12. The fourth-order valence-corrected chi connectivity index (χ4v) is 4.13. The molecule has 3 aromatic rings. The Labute approximate surface area is 198 Å². The number of fused-ring (bicyclic) bond motifs is 1. The van der Waals surface area contributed by atoms with E-state index in [0.29, 0.717) is 34.3 Å². The van der Waals surface area contributed by atoms with Crippen LogP contribution < -0.4 is 10.1 Å². The van der Waals surface area contributed by atoms with E-state index in [9.17, 15) is 9.59 Å². The van der Waals surface area contributed by atoms with Crippen LogP contribution in [-0.2, 0) is 16.1 Å². The number of ether oxygens (including phenoxy) is 1. The fourth-order valence-electron chi connectivity index (χ4n) is 3.61. The minimum absolute atomic E-state index is 0.103. The molecule has 0 spiro atoms. The van der Waals surface area contributed by atoms with Crippen LogP contribution >= 0.6 is 23.2 Å². The molecule has 0 saturated heterocycles. The van der Waals surface area contributed by atoms with Crippen molar-refractivity contribution in [2.45, 2.75) is 32.9 Å². The van der Waals surface area contributed by atoms with Crippen molar-refractivity contribution in [3.63, 3.8) is 0 Å². The van der Waals surface area contributed by atoms with Crippen LogP contribution in [0.2, 0.25) is 10.0 Å². The molecular formula is C25H26Cl2N2O3. The molecule has 0 radical (unpaired) electrons. The second kappa shape index (κ2) is 11.2. The van der Waals surface area contributed by atoms with E-state index in [1.165, 1.54) is 4.90 Å². The molecule has 0 aliphatic heterocycles. The predicted molar refractivity (Wildman–Crippen MR) is 129 cm³/mol. The van der Waals surface area contributed by atoms with Gasteiger partial charge in [0.2, 0.25) is 5.91 Å². The number of nitrogens with zero attached hydrogens (tertiary/aromatic N) is 1. The summed E-state index contributed by atoms with van der Waals surface area (Å²) in [4.78, 5) is 27.5. The summed E-state index contributed by atoms with van der Waals surface area (Å²) in [5, 5.41) is 5.62. The van der Waals surface area contributed by atoms with Gasteiger partial charge < -0.3 is 15.0 Å². The SMILES string of the molecule is CCNC(=O)[C@@H](CC)N(Cc1c(Cl)cccc1Cl)C(=O)COc1cccc2ccccc12. The normalized spacial score (nSPS) is 11.8. The summed E-state index contributed by atoms with van der Waals surface area (Å²) in [5.74, 6) is 0.0574. The zero-order valence-electron chi connectivity index (χ0n) is 18.1. The van der Waals surface area contributed by atoms with Crippen molar-refractivity contribution < 1.29 is 14.3 Å². The number of halogens is 2. The van der Waals surface area contributed by atoms with Crippen LogP contribution in [0, 0.1) is 0 Å². The Morgan fingerprint density at radius 2 is 1.62 bits per heavy atom. The Morgan fingerprint density at radius 1 is 0.969 bits per heavy atom. The van der Waals surface area contributed by atoms with Crippen molar-refractivity contribution in [1.29, 1.82) is 0 Å². The highest BCUT2D eigenvalue weighted by atomic mass is 35.5. The van der Waals surface area contributed by atoms with E-state index in [-0.39, 0.29) is 25.0 Å². The first-order valence-corrected chi connectivity index (χ1v) is 11.3. The summed E-state index contributed by atoms with van der Waals surface area (Å²) in [6.07, 6.45) is 0.438. The van der Waals surface area contributed by atoms with Gasteiger partial charge in [-0.1, -0.05) is 72.6 Å². The highest BCUT2D eigenvalue weighted by molar-refractivity contribution is 6.36. The van der Waals surface area contributed by atoms with Crippen LogP contribution in [0.25, 0.3) is 10.8 Å². The number of carbonyl (C=O) groups is 2. The number of carbonyl (C=O) groups excluding carboxylic acids is 2. The molecule has 3 rings (SSSR count). The fraction of sp³-hybridized carbons (Fsp3) is 0.280. The molecule has 0 fully saturated rings. The van der Waals surface area contributed by atoms with Crippen molar-refractivity contribution in [2.24, 2.45) is 0 Å². The molecule has 2 amide bonds. The highest BCUT2D eigenvalue weighted by Gasteiger charge is 2.29. The Kier molecular flexibility index (Phi) is 8.37. The lowest BCUT2D eigenvalue weighted by molar-refractivity contribution is -0.142. The average molecular weight is 473 g/mol. The molecule has 0 aliphatic rings. The van der Waals surface area contributed by atoms with Crippen LogP contribution in [0.5, 0.6) is 5.75 Å². The van der Waals surface area contributed by atoms with E-state index in [4.69, 9.17) is 27.9 Å². The van der Waals surface area contributed by atoms with Gasteiger partial charge in [-0.2, -0.15) is 0 Å². The summed E-state index contributed by atoms with van der Waals surface area (Å²) in [5.41, 5.74) is 0.595. The first kappa shape index (κ1) is 23.9. The number of rotatable bonds is 9. The zero-order chi connectivity index (χ0) is 23.1. The Hall–Kier alpha value is -2.76. The summed E-state index contributed by atoms with van der Waals surface area (Å²) in [6.45, 7) is 4.06. The maximum Gasteiger partial charge on any atom is 0.261 e. The van der Waals surface area contributed by atoms with Crippen LogP contribution in [0.3, 0.4) is 0 Å². The third-order valence-electron chi connectivity index (χ3n) is 5.23. The molecule has 5 nitrogen and oxygen atoms in total. The van der Waals surface area contributed by atoms with E-state index < -0.39 is 6.04 Å². The van der Waals surface area contributed by atoms with Crippen molar-refractivity contribution >= 4 is 45.8 Å². The van der Waals surface area contributed by atoms with Gasteiger partial charge >= 0.3 is 0 Å². The first-order chi connectivity index (χ1) is 15.5. The molecule has 32 heavy (non-hydrogen) atoms. The molecule has 0 aromatic heterocycles. The standard InChI is InChI=1S/C25H26Cl2N2O3/c1-3-22(25(31)28-4-2)29(15-19-20(26)12-8-13-21(19)27)24(30)16-32-23-14-7-10-17-9-5-6-11-18(17)23/h5-14,22H,3-4,15-16H2,1-2H3,(H,28,31)/t22-/m1/s1. The molecule has 1 N–H and O–H groups in total. The van der Waals surface area contributed by atoms with Gasteiger partial charge in [0.25, 0.3) is 5.91 Å². The van der Waals surface area contributed by atoms with Crippen LogP contribution in [-0.4, -0.2) is 35.9 Å². The lowest BCUT2D eigenvalue weighted by atomic mass is 10.1. The lowest BCUT2D eigenvalue weighted by Crippen LogP contribution is -2.50. The largest absolute Gasteiger partial charge is 0.483 e. The molecule has 0 bridgehead atoms. The summed E-state index contributed by atoms with van der Waals surface area (Å²) in [6, 6.07) is 18.0. The van der Waals surface area contributed by atoms with E-state index in [1.807, 2.05) is 56.3 Å². The van der Waals surface area contributed by atoms with Gasteiger partial charge in [-0.25, -0.2) is 0 Å². The van der Waals surface area contributed by atoms with E-state index in [0.717, 1.165) is 10.8 Å². The Morgan fingerprint density at radius 3 is 2.31 bits per heavy atom. The van der Waals surface area contributed by atoms with Crippen molar-refractivity contribution in [2.75, 3.05) is 13.2 Å². The third-order valence-corrected chi connectivity index (χ3v) is 5.94. The smallest absolute Gasteiger partial charge is 0.261 e. The number of nitrogens with one attached hydrogen (secondary N) is 1. The van der Waals surface area contributed by atoms with E-state index in [2.05, 4.69) is 5.32 Å². The topological polar surface area (TPSA) is 58.6 Å². The number of likely N-dealkylation sites (N-methyl/N-ethyl adjacent to an activating group) is 1. The minimum atomic E-state index is -0.675. The monoisotopic (exact) mass is 472 g/mol. The average Bonchev–Trinajstić information content (AvgIpc) is 2.79. The maximum atomic E-state index is 13.3. The van der Waals surface area contributed by atoms with Gasteiger partial charge in [0.05, 0.1) is 0 Å². The van der Waals surface area contributed by atoms with Crippen molar-refractivity contribution in [1.82, 2.24) is 10.2 Å². The minimum Gasteiger partial charge on any atom is -0.483 e. The van der Waals surface area contributed by atoms with Crippen molar-refractivity contribution in [3.05, 3.63) is 76.3 Å². The number of hydrogen-bond donors (Lipinski definition) is 1. The Balaban J connectivity index is 1.87. The van der Waals surface area contributed by atoms with Crippen LogP contribution in [0.4, 0.5) is 0 Å². The number of amides is 2. The summed E-state index contributed by atoms with van der Waals surface area (Å²) >= 11 is 12.7. The van der Waals surface area contributed by atoms with E-state index >= 15 is 0 Å². The summed E-state index contributed by atoms with van der Waals surface area (Å²) in [7, 11) is 0. The van der Waals surface area contributed by atoms with Crippen molar-refractivity contribution in [3.8, 4) is 5.75 Å². The van der Waals surface area contributed by atoms with Gasteiger partial charge in [0.15, 0.2) is 6.61 Å². The molecule has 7 heteroatoms. The van der Waals surface area contributed by atoms with Gasteiger partial charge in [0, 0.05) is 34.1 Å². The van der Waals surface area contributed by atoms with Gasteiger partial charge in [-0.05, 0) is 36.9 Å². The number of benzene rings is 3. The third kappa shape index (κ3) is 5.53. The summed E-state index contributed by atoms with van der Waals surface area (Å²) < 4.78 is 5.91. The molecule has 168 valence electrons. The molecule has 1 atom stereocenters. The van der Waals surface area contributed by atoms with Gasteiger partial charge in [0.1, 0.15) is 11.8 Å². The lowest BCUT2D eigenvalue weighted by Gasteiger charge is -2.31. The van der Waals surface area contributed by atoms with Crippen LogP contribution in [0.15, 0.2) is 60.7 Å². The van der Waals surface area contributed by atoms with Gasteiger partial charge in [-0.3, -0.25) is 9.59 Å². The second-order valence-electron chi connectivity index (χ2n) is 7.31. The maximum absolute atomic E-state index is 13.3. The quantitative estimate of drug-likeness (QED) is 0.449. The van der Waals surface area contributed by atoms with Crippen LogP contribution in [0.1, 0.15) is 25.8 Å². The molecular weight excluding hydrogens is 447 g/mol.